The zero-order chi connectivity index (χ0) is 17.4. The maximum atomic E-state index is 12.9. The van der Waals surface area contributed by atoms with Gasteiger partial charge in [0.1, 0.15) is 0 Å². The van der Waals surface area contributed by atoms with Crippen LogP contribution in [0.5, 0.6) is 0 Å². The van der Waals surface area contributed by atoms with E-state index in [-0.39, 0.29) is 17.9 Å². The van der Waals surface area contributed by atoms with Crippen molar-refractivity contribution in [1.82, 2.24) is 14.7 Å². The molecule has 0 unspecified atom stereocenters. The molecule has 1 aromatic heterocycles. The molecule has 2 aliphatic rings. The first kappa shape index (κ1) is 16.1. The monoisotopic (exact) mass is 337 g/mol. The third-order valence-electron chi connectivity index (χ3n) is 5.67. The number of benzene rings is 1. The number of hydrogen-bond donors (Lipinski definition) is 1. The van der Waals surface area contributed by atoms with Gasteiger partial charge in [-0.05, 0) is 30.9 Å². The van der Waals surface area contributed by atoms with Gasteiger partial charge >= 0.3 is 0 Å². The van der Waals surface area contributed by atoms with Gasteiger partial charge in [0.15, 0.2) is 0 Å². The smallest absolute Gasteiger partial charge is 0.257 e. The standard InChI is InChI=1S/C20H23N3O2/c1-15-17(14-21-23(15)12-13-24)19(25)22-10-8-20(9-11-22)7-6-16-4-2-3-5-18(16)20/h2-7,14,24H,8-13H2,1H3. The minimum atomic E-state index is 0.0220. The fraction of sp³-hybridized carbons (Fsp3) is 0.400. The van der Waals surface area contributed by atoms with Crippen LogP contribution in [-0.2, 0) is 12.0 Å². The Kier molecular flexibility index (Phi) is 3.96. The average molecular weight is 337 g/mol. The molecule has 0 atom stereocenters. The van der Waals surface area contributed by atoms with Gasteiger partial charge < -0.3 is 10.0 Å². The number of allylic oxidation sites excluding steroid dienone is 1. The number of carbonyl (C=O) groups is 1. The van der Waals surface area contributed by atoms with Gasteiger partial charge in [0.2, 0.25) is 0 Å². The molecular weight excluding hydrogens is 314 g/mol. The summed E-state index contributed by atoms with van der Waals surface area (Å²) in [4.78, 5) is 14.8. The third-order valence-corrected chi connectivity index (χ3v) is 5.67. The van der Waals surface area contributed by atoms with Gasteiger partial charge in [-0.15, -0.1) is 0 Å². The number of carbonyl (C=O) groups excluding carboxylic acids is 1. The molecule has 1 aliphatic heterocycles. The lowest BCUT2D eigenvalue weighted by Crippen LogP contribution is -2.44. The second kappa shape index (κ2) is 6.15. The lowest BCUT2D eigenvalue weighted by molar-refractivity contribution is 0.0689. The summed E-state index contributed by atoms with van der Waals surface area (Å²) in [6, 6.07) is 8.56. The Morgan fingerprint density at radius 3 is 2.80 bits per heavy atom. The van der Waals surface area contributed by atoms with Crippen molar-refractivity contribution in [2.24, 2.45) is 0 Å². The predicted molar refractivity (Wildman–Crippen MR) is 96.3 cm³/mol. The van der Waals surface area contributed by atoms with Crippen molar-refractivity contribution in [2.75, 3.05) is 19.7 Å². The van der Waals surface area contributed by atoms with Gasteiger partial charge in [-0.25, -0.2) is 0 Å². The van der Waals surface area contributed by atoms with Crippen LogP contribution in [0.1, 0.15) is 40.0 Å². The molecule has 5 heteroatoms. The van der Waals surface area contributed by atoms with E-state index in [1.54, 1.807) is 10.9 Å². The lowest BCUT2D eigenvalue weighted by atomic mass is 9.74. The number of nitrogens with zero attached hydrogens (tertiary/aromatic N) is 3. The van der Waals surface area contributed by atoms with Crippen molar-refractivity contribution >= 4 is 12.0 Å². The van der Waals surface area contributed by atoms with Crippen molar-refractivity contribution in [3.05, 3.63) is 58.9 Å². The molecule has 1 fully saturated rings. The van der Waals surface area contributed by atoms with Crippen LogP contribution in [0.2, 0.25) is 0 Å². The van der Waals surface area contributed by atoms with Crippen LogP contribution in [0.4, 0.5) is 0 Å². The number of rotatable bonds is 3. The molecule has 2 aromatic rings. The van der Waals surface area contributed by atoms with Crippen molar-refractivity contribution in [3.63, 3.8) is 0 Å². The van der Waals surface area contributed by atoms with Crippen LogP contribution in [0.25, 0.3) is 6.08 Å². The van der Waals surface area contributed by atoms with E-state index >= 15 is 0 Å². The number of piperidine rings is 1. The molecule has 1 aliphatic carbocycles. The molecule has 1 spiro atoms. The van der Waals surface area contributed by atoms with Crippen LogP contribution in [0.15, 0.2) is 36.5 Å². The SMILES string of the molecule is Cc1c(C(=O)N2CCC3(C=Cc4ccccc43)CC2)cnn1CCO. The van der Waals surface area contributed by atoms with Gasteiger partial charge in [0, 0.05) is 24.2 Å². The number of amides is 1. The van der Waals surface area contributed by atoms with E-state index in [1.165, 1.54) is 11.1 Å². The number of hydrogen-bond acceptors (Lipinski definition) is 3. The highest BCUT2D eigenvalue weighted by Crippen LogP contribution is 2.43. The maximum Gasteiger partial charge on any atom is 0.257 e. The highest BCUT2D eigenvalue weighted by atomic mass is 16.3. The number of fused-ring (bicyclic) bond motifs is 2. The van der Waals surface area contributed by atoms with Crippen LogP contribution >= 0.6 is 0 Å². The van der Waals surface area contributed by atoms with Gasteiger partial charge in [-0.3, -0.25) is 9.48 Å². The molecule has 5 nitrogen and oxygen atoms in total. The first-order valence-electron chi connectivity index (χ1n) is 8.86. The van der Waals surface area contributed by atoms with Crippen molar-refractivity contribution in [1.29, 1.82) is 0 Å². The summed E-state index contributed by atoms with van der Waals surface area (Å²) >= 11 is 0. The summed E-state index contributed by atoms with van der Waals surface area (Å²) in [6.07, 6.45) is 8.08. The summed E-state index contributed by atoms with van der Waals surface area (Å²) in [5.41, 5.74) is 4.26. The van der Waals surface area contributed by atoms with E-state index in [2.05, 4.69) is 41.5 Å². The average Bonchev–Trinajstić information content (AvgIpc) is 3.18. The highest BCUT2D eigenvalue weighted by Gasteiger charge is 2.39. The first-order chi connectivity index (χ1) is 12.1. The van der Waals surface area contributed by atoms with Crippen LogP contribution < -0.4 is 0 Å². The lowest BCUT2D eigenvalue weighted by Gasteiger charge is -2.39. The normalized spacial score (nSPS) is 17.9. The van der Waals surface area contributed by atoms with Gasteiger partial charge in [0.05, 0.1) is 24.9 Å². The molecule has 2 heterocycles. The van der Waals surface area contributed by atoms with E-state index in [9.17, 15) is 4.79 Å². The fourth-order valence-electron chi connectivity index (χ4n) is 4.13. The Morgan fingerprint density at radius 1 is 1.28 bits per heavy atom. The molecule has 1 saturated heterocycles. The van der Waals surface area contributed by atoms with Gasteiger partial charge in [-0.1, -0.05) is 36.4 Å². The summed E-state index contributed by atoms with van der Waals surface area (Å²) in [5, 5.41) is 13.3. The number of aliphatic hydroxyl groups is 1. The zero-order valence-electron chi connectivity index (χ0n) is 14.5. The molecule has 1 amide bonds. The van der Waals surface area contributed by atoms with E-state index in [0.29, 0.717) is 12.1 Å². The quantitative estimate of drug-likeness (QED) is 0.935. The Morgan fingerprint density at radius 2 is 2.04 bits per heavy atom. The maximum absolute atomic E-state index is 12.9. The number of likely N-dealkylation sites (tertiary alicyclic amines) is 1. The molecule has 0 radical (unpaired) electrons. The van der Waals surface area contributed by atoms with Gasteiger partial charge in [0.25, 0.3) is 5.91 Å². The molecule has 1 aromatic carbocycles. The molecule has 0 bridgehead atoms. The fourth-order valence-corrected chi connectivity index (χ4v) is 4.13. The molecule has 25 heavy (non-hydrogen) atoms. The van der Waals surface area contributed by atoms with Crippen molar-refractivity contribution in [3.8, 4) is 0 Å². The Labute approximate surface area is 147 Å². The van der Waals surface area contributed by atoms with Crippen molar-refractivity contribution in [2.45, 2.75) is 31.7 Å². The van der Waals surface area contributed by atoms with Gasteiger partial charge in [-0.2, -0.15) is 5.10 Å². The zero-order valence-corrected chi connectivity index (χ0v) is 14.5. The highest BCUT2D eigenvalue weighted by molar-refractivity contribution is 5.95. The molecule has 0 saturated carbocycles. The van der Waals surface area contributed by atoms with Crippen LogP contribution in [-0.4, -0.2) is 45.4 Å². The minimum Gasteiger partial charge on any atom is -0.394 e. The molecule has 4 rings (SSSR count). The third kappa shape index (κ3) is 2.59. The van der Waals surface area contributed by atoms with E-state index in [4.69, 9.17) is 5.11 Å². The molecular formula is C20H23N3O2. The largest absolute Gasteiger partial charge is 0.394 e. The van der Waals surface area contributed by atoms with Crippen LogP contribution in [0, 0.1) is 6.92 Å². The summed E-state index contributed by atoms with van der Waals surface area (Å²) < 4.78 is 1.69. The Bertz CT molecular complexity index is 829. The second-order valence-electron chi connectivity index (χ2n) is 6.96. The summed E-state index contributed by atoms with van der Waals surface area (Å²) in [5.74, 6) is 0.0480. The number of aliphatic hydroxyl groups excluding tert-OH is 1. The van der Waals surface area contributed by atoms with Crippen molar-refractivity contribution < 1.29 is 9.90 Å². The summed E-state index contributed by atoms with van der Waals surface area (Å²) in [7, 11) is 0. The first-order valence-corrected chi connectivity index (χ1v) is 8.86. The Hall–Kier alpha value is -2.40. The Balaban J connectivity index is 1.50. The second-order valence-corrected chi connectivity index (χ2v) is 6.96. The van der Waals surface area contributed by atoms with Crippen LogP contribution in [0.3, 0.4) is 0 Å². The molecule has 130 valence electrons. The minimum absolute atomic E-state index is 0.0220. The predicted octanol–water partition coefficient (Wildman–Crippen LogP) is 2.38. The number of aromatic nitrogens is 2. The topological polar surface area (TPSA) is 58.4 Å². The summed E-state index contributed by atoms with van der Waals surface area (Å²) in [6.45, 7) is 3.83. The van der Waals surface area contributed by atoms with E-state index in [1.807, 2.05) is 11.8 Å². The molecule has 1 N–H and O–H groups in total. The van der Waals surface area contributed by atoms with E-state index in [0.717, 1.165) is 31.6 Å². The van der Waals surface area contributed by atoms with E-state index < -0.39 is 0 Å².